The van der Waals surface area contributed by atoms with Gasteiger partial charge in [-0.25, -0.2) is 9.67 Å². The second-order valence-electron chi connectivity index (χ2n) is 6.18. The second kappa shape index (κ2) is 6.07. The molecule has 2 aromatic heterocycles. The second-order valence-corrected chi connectivity index (χ2v) is 6.18. The number of para-hydroxylation sites is 1. The number of aromatic nitrogens is 3. The Morgan fingerprint density at radius 1 is 1.12 bits per heavy atom. The number of benzene rings is 1. The van der Waals surface area contributed by atoms with E-state index in [0.717, 1.165) is 44.8 Å². The van der Waals surface area contributed by atoms with Gasteiger partial charge in [-0.3, -0.25) is 4.79 Å². The van der Waals surface area contributed by atoms with E-state index in [4.69, 9.17) is 15.2 Å². The summed E-state index contributed by atoms with van der Waals surface area (Å²) in [4.78, 5) is 15.7. The summed E-state index contributed by atoms with van der Waals surface area (Å²) in [5.74, 6) is -0.791. The van der Waals surface area contributed by atoms with Crippen molar-refractivity contribution >= 4 is 17.0 Å². The minimum absolute atomic E-state index is 0.111. The molecule has 0 amide bonds. The van der Waals surface area contributed by atoms with Crippen molar-refractivity contribution < 1.29 is 9.90 Å². The molecule has 2 heterocycles. The van der Waals surface area contributed by atoms with E-state index < -0.39 is 5.97 Å². The van der Waals surface area contributed by atoms with Crippen molar-refractivity contribution in [1.82, 2.24) is 14.8 Å². The van der Waals surface area contributed by atoms with Gasteiger partial charge >= 0.3 is 5.97 Å². The van der Waals surface area contributed by atoms with Crippen molar-refractivity contribution in [3.8, 4) is 5.69 Å². The third kappa shape index (κ3) is 2.66. The van der Waals surface area contributed by atoms with Gasteiger partial charge in [-0.05, 0) is 56.9 Å². The maximum absolute atomic E-state index is 10.9. The summed E-state index contributed by atoms with van der Waals surface area (Å²) in [5, 5.41) is 14.7. The van der Waals surface area contributed by atoms with Crippen molar-refractivity contribution in [3.05, 3.63) is 52.3 Å². The van der Waals surface area contributed by atoms with Gasteiger partial charge in [-0.1, -0.05) is 18.2 Å². The molecule has 3 rings (SSSR count). The number of carboxylic acids is 1. The highest BCUT2D eigenvalue weighted by molar-refractivity contribution is 5.85. The van der Waals surface area contributed by atoms with Crippen LogP contribution in [0.4, 0.5) is 0 Å². The van der Waals surface area contributed by atoms with Crippen molar-refractivity contribution in [2.75, 3.05) is 0 Å². The fourth-order valence-electron chi connectivity index (χ4n) is 3.28. The van der Waals surface area contributed by atoms with E-state index >= 15 is 0 Å². The average Bonchev–Trinajstić information content (AvgIpc) is 2.83. The monoisotopic (exact) mass is 323 g/mol. The molecule has 0 bridgehead atoms. The molecule has 0 aliphatic rings. The smallest absolute Gasteiger partial charge is 0.303 e. The van der Waals surface area contributed by atoms with Crippen molar-refractivity contribution in [3.63, 3.8) is 0 Å². The van der Waals surface area contributed by atoms with Crippen LogP contribution in [0.1, 0.15) is 34.5 Å². The zero-order chi connectivity index (χ0) is 17.4. The highest BCUT2D eigenvalue weighted by Gasteiger charge is 2.18. The van der Waals surface area contributed by atoms with E-state index in [1.807, 2.05) is 43.7 Å². The van der Waals surface area contributed by atoms with Crippen LogP contribution in [0.15, 0.2) is 24.3 Å². The summed E-state index contributed by atoms with van der Waals surface area (Å²) in [6.07, 6.45) is 0.602. The highest BCUT2D eigenvalue weighted by Crippen LogP contribution is 2.28. The molecule has 0 spiro atoms. The van der Waals surface area contributed by atoms with Crippen molar-refractivity contribution in [2.45, 2.75) is 40.5 Å². The lowest BCUT2D eigenvalue weighted by Crippen LogP contribution is -2.05. The molecule has 0 saturated heterocycles. The van der Waals surface area contributed by atoms with Gasteiger partial charge in [0.25, 0.3) is 0 Å². The first-order valence-corrected chi connectivity index (χ1v) is 8.03. The Kier molecular flexibility index (Phi) is 4.09. The largest absolute Gasteiger partial charge is 0.481 e. The number of aryl methyl sites for hydroxylation is 4. The standard InChI is InChI=1S/C19H21N3O2/c1-11-7-5-6-8-16(11)22-19-18(14(4)21-22)12(2)15(13(3)20-19)9-10-17(23)24/h5-8H,9-10H2,1-4H3,(H,23,24). The van der Waals surface area contributed by atoms with E-state index in [1.54, 1.807) is 0 Å². The number of nitrogens with zero attached hydrogens (tertiary/aromatic N) is 3. The molecular formula is C19H21N3O2. The molecule has 24 heavy (non-hydrogen) atoms. The van der Waals surface area contributed by atoms with Crippen LogP contribution in [-0.4, -0.2) is 25.8 Å². The normalized spacial score (nSPS) is 11.2. The predicted molar refractivity (Wildman–Crippen MR) is 93.8 cm³/mol. The lowest BCUT2D eigenvalue weighted by Gasteiger charge is -2.11. The number of fused-ring (bicyclic) bond motifs is 1. The molecule has 124 valence electrons. The van der Waals surface area contributed by atoms with Crippen LogP contribution in [0.5, 0.6) is 0 Å². The molecule has 0 fully saturated rings. The quantitative estimate of drug-likeness (QED) is 0.795. The lowest BCUT2D eigenvalue weighted by atomic mass is 9.99. The zero-order valence-electron chi connectivity index (χ0n) is 14.4. The Balaban J connectivity index is 2.23. The summed E-state index contributed by atoms with van der Waals surface area (Å²) in [6.45, 7) is 8.00. The number of hydrogen-bond donors (Lipinski definition) is 1. The molecule has 0 aliphatic carbocycles. The Bertz CT molecular complexity index is 941. The fourth-order valence-corrected chi connectivity index (χ4v) is 3.28. The van der Waals surface area contributed by atoms with Gasteiger partial charge in [-0.15, -0.1) is 0 Å². The van der Waals surface area contributed by atoms with Gasteiger partial charge in [0.15, 0.2) is 5.65 Å². The number of hydrogen-bond acceptors (Lipinski definition) is 3. The summed E-state index contributed by atoms with van der Waals surface area (Å²) in [7, 11) is 0. The van der Waals surface area contributed by atoms with Crippen LogP contribution in [0.25, 0.3) is 16.7 Å². The van der Waals surface area contributed by atoms with E-state index in [2.05, 4.69) is 13.0 Å². The number of aliphatic carboxylic acids is 1. The van der Waals surface area contributed by atoms with Gasteiger partial charge in [0.2, 0.25) is 0 Å². The Hall–Kier alpha value is -2.69. The van der Waals surface area contributed by atoms with Crippen molar-refractivity contribution in [2.24, 2.45) is 0 Å². The van der Waals surface area contributed by atoms with Gasteiger partial charge in [0.05, 0.1) is 11.4 Å². The SMILES string of the molecule is Cc1ccccc1-n1nc(C)c2c(C)c(CCC(=O)O)c(C)nc21. The Morgan fingerprint density at radius 3 is 2.50 bits per heavy atom. The molecule has 0 unspecified atom stereocenters. The minimum Gasteiger partial charge on any atom is -0.481 e. The molecule has 0 radical (unpaired) electrons. The molecule has 5 nitrogen and oxygen atoms in total. The van der Waals surface area contributed by atoms with Crippen LogP contribution in [0.2, 0.25) is 0 Å². The molecule has 3 aromatic rings. The first-order chi connectivity index (χ1) is 11.4. The Labute approximate surface area is 141 Å². The molecular weight excluding hydrogens is 302 g/mol. The molecule has 0 aliphatic heterocycles. The third-order valence-corrected chi connectivity index (χ3v) is 4.51. The van der Waals surface area contributed by atoms with Crippen LogP contribution in [-0.2, 0) is 11.2 Å². The predicted octanol–water partition coefficient (Wildman–Crippen LogP) is 3.67. The number of carboxylic acid groups (broad SMARTS) is 1. The Morgan fingerprint density at radius 2 is 1.83 bits per heavy atom. The fraction of sp³-hybridized carbons (Fsp3) is 0.316. The van der Waals surface area contributed by atoms with Gasteiger partial charge < -0.3 is 5.11 Å². The average molecular weight is 323 g/mol. The molecule has 0 atom stereocenters. The summed E-state index contributed by atoms with van der Waals surface area (Å²) in [6, 6.07) is 8.09. The van der Waals surface area contributed by atoms with Gasteiger partial charge in [0.1, 0.15) is 0 Å². The number of rotatable bonds is 4. The zero-order valence-corrected chi connectivity index (χ0v) is 14.4. The highest BCUT2D eigenvalue weighted by atomic mass is 16.4. The van der Waals surface area contributed by atoms with E-state index in [1.165, 1.54) is 0 Å². The van der Waals surface area contributed by atoms with Gasteiger partial charge in [-0.2, -0.15) is 5.10 Å². The van der Waals surface area contributed by atoms with E-state index in [0.29, 0.717) is 6.42 Å². The summed E-state index contributed by atoms with van der Waals surface area (Å²) in [5.41, 5.74) is 6.85. The molecule has 1 aromatic carbocycles. The first-order valence-electron chi connectivity index (χ1n) is 8.03. The van der Waals surface area contributed by atoms with Crippen LogP contribution < -0.4 is 0 Å². The maximum Gasteiger partial charge on any atom is 0.303 e. The van der Waals surface area contributed by atoms with E-state index in [9.17, 15) is 4.79 Å². The lowest BCUT2D eigenvalue weighted by molar-refractivity contribution is -0.136. The van der Waals surface area contributed by atoms with Crippen LogP contribution >= 0.6 is 0 Å². The third-order valence-electron chi connectivity index (χ3n) is 4.51. The first kappa shape index (κ1) is 16.2. The number of carbonyl (C=O) groups is 1. The maximum atomic E-state index is 10.9. The van der Waals surface area contributed by atoms with E-state index in [-0.39, 0.29) is 6.42 Å². The molecule has 5 heteroatoms. The van der Waals surface area contributed by atoms with Gasteiger partial charge in [0, 0.05) is 17.5 Å². The summed E-state index contributed by atoms with van der Waals surface area (Å²) < 4.78 is 1.89. The topological polar surface area (TPSA) is 68.0 Å². The van der Waals surface area contributed by atoms with Crippen molar-refractivity contribution in [1.29, 1.82) is 0 Å². The summed E-state index contributed by atoms with van der Waals surface area (Å²) >= 11 is 0. The number of pyridine rings is 1. The minimum atomic E-state index is -0.791. The molecule has 1 N–H and O–H groups in total. The van der Waals surface area contributed by atoms with Crippen LogP contribution in [0.3, 0.4) is 0 Å². The van der Waals surface area contributed by atoms with Crippen LogP contribution in [0, 0.1) is 27.7 Å². The molecule has 0 saturated carbocycles.